The molecule has 0 saturated carbocycles. The normalized spacial score (nSPS) is 18.9. The predicted molar refractivity (Wildman–Crippen MR) is 77.7 cm³/mol. The molecule has 1 aliphatic rings. The number of nitrogens with one attached hydrogen (secondary N) is 1. The van der Waals surface area contributed by atoms with Gasteiger partial charge >= 0.3 is 0 Å². The molecule has 0 aromatic heterocycles. The molecule has 0 spiro atoms. The topological polar surface area (TPSA) is 93.7 Å². The van der Waals surface area contributed by atoms with Crippen molar-refractivity contribution >= 4 is 17.1 Å². The maximum Gasteiger partial charge on any atom is 0.273 e. The fourth-order valence-corrected chi connectivity index (χ4v) is 2.64. The summed E-state index contributed by atoms with van der Waals surface area (Å²) in [6.07, 6.45) is 2.18. The van der Waals surface area contributed by atoms with E-state index in [1.165, 1.54) is 6.07 Å². The number of nitrogens with two attached hydrogens (primary N) is 1. The van der Waals surface area contributed by atoms with E-state index in [0.717, 1.165) is 31.6 Å². The molecule has 1 aromatic rings. The van der Waals surface area contributed by atoms with E-state index >= 15 is 0 Å². The first-order valence-electron chi connectivity index (χ1n) is 6.64. The van der Waals surface area contributed by atoms with Crippen LogP contribution in [0.2, 0.25) is 0 Å². The summed E-state index contributed by atoms with van der Waals surface area (Å²) in [7, 11) is 1.70. The molecule has 0 aliphatic carbocycles. The van der Waals surface area contributed by atoms with Crippen LogP contribution >= 0.6 is 0 Å². The standard InChI is InChI=1S/C13H20N4O3/c1-20-9-10-3-2-4-16(8-10)12-5-11(15-14)6-13(7-12)17(18)19/h5-7,10,15H,2-4,8-9,14H2,1H3. The number of benzene rings is 1. The molecule has 2 rings (SSSR count). The number of rotatable bonds is 5. The molecular formula is C13H20N4O3. The summed E-state index contributed by atoms with van der Waals surface area (Å²) in [5.74, 6) is 5.84. The first kappa shape index (κ1) is 14.5. The molecule has 20 heavy (non-hydrogen) atoms. The van der Waals surface area contributed by atoms with Crippen LogP contribution in [0.3, 0.4) is 0 Å². The first-order chi connectivity index (χ1) is 9.63. The number of hydrazine groups is 1. The second kappa shape index (κ2) is 6.53. The minimum absolute atomic E-state index is 0.0457. The average Bonchev–Trinajstić information content (AvgIpc) is 2.47. The van der Waals surface area contributed by atoms with Crippen molar-refractivity contribution in [1.29, 1.82) is 0 Å². The van der Waals surface area contributed by atoms with Crippen molar-refractivity contribution in [2.45, 2.75) is 12.8 Å². The second-order valence-corrected chi connectivity index (χ2v) is 5.05. The predicted octanol–water partition coefficient (Wildman–Crippen LogP) is 1.74. The number of piperidine rings is 1. The van der Waals surface area contributed by atoms with E-state index in [-0.39, 0.29) is 5.69 Å². The van der Waals surface area contributed by atoms with Crippen LogP contribution < -0.4 is 16.2 Å². The molecule has 1 saturated heterocycles. The number of nitrogens with zero attached hydrogens (tertiary/aromatic N) is 2. The number of non-ortho nitro benzene ring substituents is 1. The molecule has 1 fully saturated rings. The highest BCUT2D eigenvalue weighted by Crippen LogP contribution is 2.29. The number of hydrogen-bond donors (Lipinski definition) is 2. The zero-order chi connectivity index (χ0) is 14.5. The van der Waals surface area contributed by atoms with E-state index in [2.05, 4.69) is 10.3 Å². The summed E-state index contributed by atoms with van der Waals surface area (Å²) in [5, 5.41) is 11.0. The number of methoxy groups -OCH3 is 1. The summed E-state index contributed by atoms with van der Waals surface area (Å²) in [6, 6.07) is 4.86. The van der Waals surface area contributed by atoms with Crippen molar-refractivity contribution in [3.63, 3.8) is 0 Å². The fourth-order valence-electron chi connectivity index (χ4n) is 2.64. The molecule has 7 nitrogen and oxygen atoms in total. The van der Waals surface area contributed by atoms with Crippen LogP contribution in [0.4, 0.5) is 17.1 Å². The third-order valence-corrected chi connectivity index (χ3v) is 3.57. The van der Waals surface area contributed by atoms with Gasteiger partial charge in [-0.05, 0) is 24.8 Å². The molecule has 0 radical (unpaired) electrons. The van der Waals surface area contributed by atoms with Crippen molar-refractivity contribution < 1.29 is 9.66 Å². The van der Waals surface area contributed by atoms with Crippen LogP contribution in [0.5, 0.6) is 0 Å². The lowest BCUT2D eigenvalue weighted by Crippen LogP contribution is -2.37. The lowest BCUT2D eigenvalue weighted by atomic mass is 9.98. The van der Waals surface area contributed by atoms with E-state index in [1.54, 1.807) is 13.2 Å². The fraction of sp³-hybridized carbons (Fsp3) is 0.538. The van der Waals surface area contributed by atoms with Gasteiger partial charge in [0, 0.05) is 38.0 Å². The Hall–Kier alpha value is -1.86. The number of anilines is 2. The highest BCUT2D eigenvalue weighted by molar-refractivity contribution is 5.64. The van der Waals surface area contributed by atoms with Gasteiger partial charge in [0.15, 0.2) is 0 Å². The van der Waals surface area contributed by atoms with Crippen molar-refractivity contribution in [3.05, 3.63) is 28.3 Å². The number of hydrogen-bond acceptors (Lipinski definition) is 6. The molecule has 0 bridgehead atoms. The molecule has 1 heterocycles. The van der Waals surface area contributed by atoms with Crippen LogP contribution in [0, 0.1) is 16.0 Å². The quantitative estimate of drug-likeness (QED) is 0.485. The van der Waals surface area contributed by atoms with E-state index in [1.807, 2.05) is 6.07 Å². The van der Waals surface area contributed by atoms with Crippen molar-refractivity contribution in [2.24, 2.45) is 11.8 Å². The van der Waals surface area contributed by atoms with Gasteiger partial charge in [-0.15, -0.1) is 0 Å². The maximum atomic E-state index is 11.0. The third-order valence-electron chi connectivity index (χ3n) is 3.57. The molecule has 7 heteroatoms. The van der Waals surface area contributed by atoms with Gasteiger partial charge in [0.25, 0.3) is 5.69 Å². The van der Waals surface area contributed by atoms with Crippen LogP contribution in [0.25, 0.3) is 0 Å². The number of nitrogen functional groups attached to an aromatic ring is 1. The van der Waals surface area contributed by atoms with Gasteiger partial charge in [-0.2, -0.15) is 0 Å². The molecule has 1 aliphatic heterocycles. The Balaban J connectivity index is 2.22. The van der Waals surface area contributed by atoms with Gasteiger partial charge in [-0.25, -0.2) is 0 Å². The van der Waals surface area contributed by atoms with Gasteiger partial charge in [0.2, 0.25) is 0 Å². The molecule has 1 aromatic carbocycles. The van der Waals surface area contributed by atoms with E-state index in [0.29, 0.717) is 18.2 Å². The highest BCUT2D eigenvalue weighted by Gasteiger charge is 2.22. The summed E-state index contributed by atoms with van der Waals surface area (Å²) in [4.78, 5) is 12.7. The summed E-state index contributed by atoms with van der Waals surface area (Å²) < 4.78 is 5.21. The second-order valence-electron chi connectivity index (χ2n) is 5.05. The molecule has 110 valence electrons. The van der Waals surface area contributed by atoms with E-state index in [9.17, 15) is 10.1 Å². The molecule has 0 amide bonds. The van der Waals surface area contributed by atoms with Crippen LogP contribution in [-0.4, -0.2) is 31.7 Å². The van der Waals surface area contributed by atoms with Gasteiger partial charge < -0.3 is 15.1 Å². The minimum atomic E-state index is -0.402. The Kier molecular flexibility index (Phi) is 4.75. The summed E-state index contributed by atoms with van der Waals surface area (Å²) in [6.45, 7) is 2.46. The minimum Gasteiger partial charge on any atom is -0.384 e. The zero-order valence-electron chi connectivity index (χ0n) is 11.5. The molecule has 1 atom stereocenters. The number of nitro benzene ring substituents is 1. The Morgan fingerprint density at radius 1 is 1.55 bits per heavy atom. The Morgan fingerprint density at radius 3 is 3.00 bits per heavy atom. The average molecular weight is 280 g/mol. The van der Waals surface area contributed by atoms with E-state index in [4.69, 9.17) is 10.6 Å². The largest absolute Gasteiger partial charge is 0.384 e. The number of ether oxygens (including phenoxy) is 1. The number of nitro groups is 1. The SMILES string of the molecule is COCC1CCCN(c2cc(NN)cc([N+](=O)[O-])c2)C1. The zero-order valence-corrected chi connectivity index (χ0v) is 11.5. The Labute approximate surface area is 117 Å². The van der Waals surface area contributed by atoms with Crippen LogP contribution in [0.1, 0.15) is 12.8 Å². The Bertz CT molecular complexity index is 479. The van der Waals surface area contributed by atoms with Crippen molar-refractivity contribution in [3.8, 4) is 0 Å². The van der Waals surface area contributed by atoms with E-state index < -0.39 is 4.92 Å². The molecule has 1 unspecified atom stereocenters. The van der Waals surface area contributed by atoms with Gasteiger partial charge in [0.1, 0.15) is 0 Å². The first-order valence-corrected chi connectivity index (χ1v) is 6.64. The van der Waals surface area contributed by atoms with Crippen LogP contribution in [0.15, 0.2) is 18.2 Å². The monoisotopic (exact) mass is 280 g/mol. The smallest absolute Gasteiger partial charge is 0.273 e. The molecule has 3 N–H and O–H groups in total. The molecular weight excluding hydrogens is 260 g/mol. The lowest BCUT2D eigenvalue weighted by Gasteiger charge is -2.34. The summed E-state index contributed by atoms with van der Waals surface area (Å²) >= 11 is 0. The lowest BCUT2D eigenvalue weighted by molar-refractivity contribution is -0.384. The van der Waals surface area contributed by atoms with Crippen molar-refractivity contribution in [1.82, 2.24) is 0 Å². The highest BCUT2D eigenvalue weighted by atomic mass is 16.6. The van der Waals surface area contributed by atoms with Gasteiger partial charge in [-0.3, -0.25) is 16.0 Å². The van der Waals surface area contributed by atoms with Gasteiger partial charge in [-0.1, -0.05) is 0 Å². The van der Waals surface area contributed by atoms with Crippen LogP contribution in [-0.2, 0) is 4.74 Å². The summed E-state index contributed by atoms with van der Waals surface area (Å²) in [5.41, 5.74) is 3.90. The van der Waals surface area contributed by atoms with Crippen molar-refractivity contribution in [2.75, 3.05) is 37.1 Å². The van der Waals surface area contributed by atoms with Gasteiger partial charge in [0.05, 0.1) is 17.2 Å². The third kappa shape index (κ3) is 3.37. The maximum absolute atomic E-state index is 11.0. The Morgan fingerprint density at radius 2 is 2.35 bits per heavy atom.